The Morgan fingerprint density at radius 1 is 1.10 bits per heavy atom. The van der Waals surface area contributed by atoms with Crippen molar-refractivity contribution in [3.63, 3.8) is 0 Å². The standard InChI is InChI=1S/C22H27FN6O2/c1-2-26-12-14-27(15-13-26)11-10-24-20(30)16-28-19-4-3-9-25-21(19)29(22(28)31)18-7-5-17(23)6-8-18/h3-9H,2,10-16H2,1H3,(H,24,30). The predicted octanol–water partition coefficient (Wildman–Crippen LogP) is 1.08. The fraction of sp³-hybridized carbons (Fsp3) is 0.409. The highest BCUT2D eigenvalue weighted by atomic mass is 19.1. The van der Waals surface area contributed by atoms with Gasteiger partial charge in [-0.2, -0.15) is 0 Å². The van der Waals surface area contributed by atoms with E-state index in [1.54, 1.807) is 18.3 Å². The molecule has 1 amide bonds. The van der Waals surface area contributed by atoms with Gasteiger partial charge in [-0.1, -0.05) is 6.92 Å². The van der Waals surface area contributed by atoms with Crippen LogP contribution in [0.15, 0.2) is 47.4 Å². The van der Waals surface area contributed by atoms with Gasteiger partial charge in [-0.3, -0.25) is 14.3 Å². The Hall–Kier alpha value is -3.04. The molecule has 1 fully saturated rings. The van der Waals surface area contributed by atoms with E-state index in [4.69, 9.17) is 0 Å². The lowest BCUT2D eigenvalue weighted by molar-refractivity contribution is -0.121. The molecule has 8 nitrogen and oxygen atoms in total. The van der Waals surface area contributed by atoms with E-state index in [-0.39, 0.29) is 24.0 Å². The molecule has 0 aliphatic carbocycles. The van der Waals surface area contributed by atoms with Crippen molar-refractivity contribution >= 4 is 17.1 Å². The molecule has 3 heterocycles. The molecule has 1 aliphatic rings. The number of nitrogens with one attached hydrogen (secondary N) is 1. The normalized spacial score (nSPS) is 15.4. The molecule has 9 heteroatoms. The van der Waals surface area contributed by atoms with Gasteiger partial charge in [0.2, 0.25) is 5.91 Å². The molecule has 0 saturated carbocycles. The van der Waals surface area contributed by atoms with Crippen molar-refractivity contribution in [3.05, 3.63) is 58.9 Å². The van der Waals surface area contributed by atoms with E-state index >= 15 is 0 Å². The van der Waals surface area contributed by atoms with Crippen LogP contribution in [0.25, 0.3) is 16.9 Å². The van der Waals surface area contributed by atoms with Crippen molar-refractivity contribution in [1.82, 2.24) is 29.2 Å². The predicted molar refractivity (Wildman–Crippen MR) is 117 cm³/mol. The molecule has 4 rings (SSSR count). The molecule has 1 aromatic carbocycles. The third-order valence-corrected chi connectivity index (χ3v) is 5.74. The number of hydrogen-bond donors (Lipinski definition) is 1. The van der Waals surface area contributed by atoms with Crippen molar-refractivity contribution in [3.8, 4) is 5.69 Å². The van der Waals surface area contributed by atoms with E-state index in [0.717, 1.165) is 39.3 Å². The number of piperazine rings is 1. The molecule has 1 aliphatic heterocycles. The Balaban J connectivity index is 1.45. The van der Waals surface area contributed by atoms with Gasteiger partial charge in [0.15, 0.2) is 5.65 Å². The number of hydrogen-bond acceptors (Lipinski definition) is 5. The van der Waals surface area contributed by atoms with E-state index < -0.39 is 0 Å². The van der Waals surface area contributed by atoms with Gasteiger partial charge in [0.25, 0.3) is 0 Å². The summed E-state index contributed by atoms with van der Waals surface area (Å²) in [5.74, 6) is -0.611. The minimum absolute atomic E-state index is 0.0984. The first-order chi connectivity index (χ1) is 15.1. The number of carbonyl (C=O) groups excluding carboxylic acids is 1. The molecule has 0 spiro atoms. The summed E-state index contributed by atoms with van der Waals surface area (Å²) in [4.78, 5) is 34.7. The summed E-state index contributed by atoms with van der Waals surface area (Å²) in [6, 6.07) is 9.11. The van der Waals surface area contributed by atoms with Crippen LogP contribution in [0.5, 0.6) is 0 Å². The third-order valence-electron chi connectivity index (χ3n) is 5.74. The maximum absolute atomic E-state index is 13.3. The minimum Gasteiger partial charge on any atom is -0.353 e. The van der Waals surface area contributed by atoms with Gasteiger partial charge in [0.05, 0.1) is 11.2 Å². The molecule has 0 radical (unpaired) electrons. The Bertz CT molecular complexity index is 1100. The third kappa shape index (κ3) is 4.67. The van der Waals surface area contributed by atoms with E-state index in [1.165, 1.54) is 33.4 Å². The highest BCUT2D eigenvalue weighted by Crippen LogP contribution is 2.16. The quantitative estimate of drug-likeness (QED) is 0.612. The lowest BCUT2D eigenvalue weighted by atomic mass is 10.3. The smallest absolute Gasteiger partial charge is 0.335 e. The number of halogens is 1. The summed E-state index contributed by atoms with van der Waals surface area (Å²) < 4.78 is 16.1. The first-order valence-electron chi connectivity index (χ1n) is 10.6. The van der Waals surface area contributed by atoms with Crippen LogP contribution >= 0.6 is 0 Å². The summed E-state index contributed by atoms with van der Waals surface area (Å²) in [6.45, 7) is 8.57. The number of pyridine rings is 1. The fourth-order valence-corrected chi connectivity index (χ4v) is 3.94. The zero-order valence-electron chi connectivity index (χ0n) is 17.6. The molecule has 164 valence electrons. The molecule has 3 aromatic rings. The number of benzene rings is 1. The van der Waals surface area contributed by atoms with Gasteiger partial charge in [-0.25, -0.2) is 18.7 Å². The van der Waals surface area contributed by atoms with E-state index in [1.807, 2.05) is 0 Å². The molecule has 1 N–H and O–H groups in total. The largest absolute Gasteiger partial charge is 0.353 e. The SMILES string of the molecule is CCN1CCN(CCNC(=O)Cn2c(=O)n(-c3ccc(F)cc3)c3ncccc32)CC1. The van der Waals surface area contributed by atoms with Gasteiger partial charge in [-0.15, -0.1) is 0 Å². The Morgan fingerprint density at radius 3 is 2.52 bits per heavy atom. The number of nitrogens with zero attached hydrogens (tertiary/aromatic N) is 5. The Kier molecular flexibility index (Phi) is 6.43. The van der Waals surface area contributed by atoms with E-state index in [0.29, 0.717) is 23.4 Å². The topological polar surface area (TPSA) is 75.4 Å². The Labute approximate surface area is 179 Å². The molecular weight excluding hydrogens is 399 g/mol. The van der Waals surface area contributed by atoms with E-state index in [9.17, 15) is 14.0 Å². The van der Waals surface area contributed by atoms with Gasteiger partial charge >= 0.3 is 5.69 Å². The summed E-state index contributed by atoms with van der Waals surface area (Å²) in [5.41, 5.74) is 1.11. The summed E-state index contributed by atoms with van der Waals surface area (Å²) in [6.07, 6.45) is 1.59. The van der Waals surface area contributed by atoms with E-state index in [2.05, 4.69) is 27.0 Å². The van der Waals surface area contributed by atoms with Crippen molar-refractivity contribution in [1.29, 1.82) is 0 Å². The molecule has 2 aromatic heterocycles. The second kappa shape index (κ2) is 9.40. The van der Waals surface area contributed by atoms with Crippen molar-refractivity contribution in [2.75, 3.05) is 45.8 Å². The fourth-order valence-electron chi connectivity index (χ4n) is 3.94. The van der Waals surface area contributed by atoms with Crippen molar-refractivity contribution in [2.24, 2.45) is 0 Å². The van der Waals surface area contributed by atoms with Gasteiger partial charge in [-0.05, 0) is 42.9 Å². The van der Waals surface area contributed by atoms with Gasteiger partial charge in [0.1, 0.15) is 12.4 Å². The highest BCUT2D eigenvalue weighted by Gasteiger charge is 2.18. The van der Waals surface area contributed by atoms with Crippen molar-refractivity contribution < 1.29 is 9.18 Å². The zero-order chi connectivity index (χ0) is 21.8. The van der Waals surface area contributed by atoms with Crippen LogP contribution in [-0.2, 0) is 11.3 Å². The average molecular weight is 426 g/mol. The lowest BCUT2D eigenvalue weighted by Gasteiger charge is -2.33. The molecule has 1 saturated heterocycles. The average Bonchev–Trinajstić information content (AvgIpc) is 3.06. The van der Waals surface area contributed by atoms with Crippen LogP contribution < -0.4 is 11.0 Å². The lowest BCUT2D eigenvalue weighted by Crippen LogP contribution is -2.48. The van der Waals surface area contributed by atoms with Crippen LogP contribution in [0.3, 0.4) is 0 Å². The Morgan fingerprint density at radius 2 is 1.81 bits per heavy atom. The maximum atomic E-state index is 13.3. The summed E-state index contributed by atoms with van der Waals surface area (Å²) >= 11 is 0. The van der Waals surface area contributed by atoms with Gasteiger partial charge in [0, 0.05) is 45.5 Å². The first-order valence-corrected chi connectivity index (χ1v) is 10.6. The molecule has 0 unspecified atom stereocenters. The monoisotopic (exact) mass is 426 g/mol. The number of carbonyl (C=O) groups is 1. The molecule has 31 heavy (non-hydrogen) atoms. The number of likely N-dealkylation sites (N-methyl/N-ethyl adjacent to an activating group) is 1. The number of rotatable bonds is 7. The van der Waals surface area contributed by atoms with Crippen LogP contribution in [0.1, 0.15) is 6.92 Å². The maximum Gasteiger partial charge on any atom is 0.335 e. The van der Waals surface area contributed by atoms with Crippen LogP contribution in [0.2, 0.25) is 0 Å². The number of amides is 1. The molecule has 0 atom stereocenters. The van der Waals surface area contributed by atoms with Crippen LogP contribution in [0.4, 0.5) is 4.39 Å². The van der Waals surface area contributed by atoms with Crippen LogP contribution in [0, 0.1) is 5.82 Å². The van der Waals surface area contributed by atoms with Gasteiger partial charge < -0.3 is 10.2 Å². The second-order valence-corrected chi connectivity index (χ2v) is 7.65. The highest BCUT2D eigenvalue weighted by molar-refractivity contribution is 5.80. The summed E-state index contributed by atoms with van der Waals surface area (Å²) in [5, 5.41) is 2.92. The number of fused-ring (bicyclic) bond motifs is 1. The minimum atomic E-state index is -0.385. The first kappa shape index (κ1) is 21.2. The zero-order valence-corrected chi connectivity index (χ0v) is 17.6. The molecule has 0 bridgehead atoms. The van der Waals surface area contributed by atoms with Crippen LogP contribution in [-0.4, -0.2) is 75.6 Å². The second-order valence-electron chi connectivity index (χ2n) is 7.65. The number of aromatic nitrogens is 3. The molecular formula is C22H27FN6O2. The summed E-state index contributed by atoms with van der Waals surface area (Å²) in [7, 11) is 0. The number of imidazole rings is 1. The van der Waals surface area contributed by atoms with Crippen molar-refractivity contribution in [2.45, 2.75) is 13.5 Å².